The Morgan fingerprint density at radius 3 is 2.88 bits per heavy atom. The van der Waals surface area contributed by atoms with E-state index in [-0.39, 0.29) is 16.7 Å². The summed E-state index contributed by atoms with van der Waals surface area (Å²) >= 11 is 4.29. The Morgan fingerprint density at radius 2 is 2.17 bits per heavy atom. The summed E-state index contributed by atoms with van der Waals surface area (Å²) in [6, 6.07) is 7.42. The van der Waals surface area contributed by atoms with Crippen molar-refractivity contribution in [3.05, 3.63) is 55.1 Å². The second-order valence-corrected chi connectivity index (χ2v) is 6.59. The van der Waals surface area contributed by atoms with Crippen LogP contribution in [-0.2, 0) is 18.9 Å². The summed E-state index contributed by atoms with van der Waals surface area (Å²) in [6.07, 6.45) is 1.51. The molecule has 1 aromatic carbocycles. The number of carbonyl (C=O) groups is 1. The van der Waals surface area contributed by atoms with E-state index in [1.165, 1.54) is 20.3 Å². The van der Waals surface area contributed by atoms with Crippen molar-refractivity contribution in [2.75, 3.05) is 5.75 Å². The molecule has 0 radical (unpaired) electrons. The van der Waals surface area contributed by atoms with Crippen LogP contribution in [0.1, 0.15) is 5.56 Å². The first-order valence-electron chi connectivity index (χ1n) is 6.73. The van der Waals surface area contributed by atoms with Gasteiger partial charge in [0.25, 0.3) is 5.56 Å². The van der Waals surface area contributed by atoms with Gasteiger partial charge in [-0.1, -0.05) is 39.8 Å². The fourth-order valence-electron chi connectivity index (χ4n) is 1.69. The van der Waals surface area contributed by atoms with E-state index in [4.69, 9.17) is 0 Å². The Labute approximate surface area is 149 Å². The molecule has 0 fully saturated rings. The molecule has 1 amide bonds. The third-order valence-corrected chi connectivity index (χ3v) is 4.31. The van der Waals surface area contributed by atoms with Crippen LogP contribution in [0.15, 0.2) is 48.5 Å². The summed E-state index contributed by atoms with van der Waals surface area (Å²) < 4.78 is 2.90. The maximum Gasteiger partial charge on any atom is 0.346 e. The Hall–Kier alpha value is -2.20. The predicted octanol–water partition coefficient (Wildman–Crippen LogP) is 0.484. The fourth-order valence-corrected chi connectivity index (χ4v) is 2.88. The average Bonchev–Trinajstić information content (AvgIpc) is 2.55. The molecule has 0 saturated carbocycles. The number of carbonyl (C=O) groups excluding carboxylic acids is 1. The number of benzene rings is 1. The van der Waals surface area contributed by atoms with Crippen molar-refractivity contribution < 1.29 is 4.79 Å². The largest absolute Gasteiger partial charge is 0.346 e. The first-order chi connectivity index (χ1) is 11.4. The molecule has 1 aromatic heterocycles. The predicted molar refractivity (Wildman–Crippen MR) is 95.3 cm³/mol. The number of hydrogen-bond donors (Lipinski definition) is 1. The highest BCUT2D eigenvalue weighted by Crippen LogP contribution is 2.10. The van der Waals surface area contributed by atoms with Crippen LogP contribution < -0.4 is 16.7 Å². The normalized spacial score (nSPS) is 11.0. The number of amides is 1. The lowest BCUT2D eigenvalue weighted by molar-refractivity contribution is -0.118. The molecule has 0 bridgehead atoms. The lowest BCUT2D eigenvalue weighted by Gasteiger charge is -2.04. The molecule has 24 heavy (non-hydrogen) atoms. The van der Waals surface area contributed by atoms with Crippen LogP contribution in [-0.4, -0.2) is 32.2 Å². The Morgan fingerprint density at radius 1 is 1.42 bits per heavy atom. The van der Waals surface area contributed by atoms with Gasteiger partial charge in [0.05, 0.1) is 12.0 Å². The topological polar surface area (TPSA) is 98.3 Å². The molecule has 2 aromatic rings. The molecule has 0 atom stereocenters. The quantitative estimate of drug-likeness (QED) is 0.438. The van der Waals surface area contributed by atoms with Crippen LogP contribution in [0.5, 0.6) is 0 Å². The molecule has 8 nitrogen and oxygen atoms in total. The number of hydrazone groups is 1. The molecular weight excluding hydrogens is 398 g/mol. The molecular formula is C14H14BrN5O3S. The van der Waals surface area contributed by atoms with E-state index in [1.807, 2.05) is 24.3 Å². The first kappa shape index (κ1) is 18.1. The molecule has 0 aliphatic heterocycles. The van der Waals surface area contributed by atoms with Crippen molar-refractivity contribution in [2.45, 2.75) is 5.03 Å². The monoisotopic (exact) mass is 411 g/mol. The van der Waals surface area contributed by atoms with Gasteiger partial charge in [-0.25, -0.2) is 14.9 Å². The molecule has 0 aliphatic rings. The molecule has 10 heteroatoms. The van der Waals surface area contributed by atoms with Gasteiger partial charge in [0.2, 0.25) is 5.91 Å². The van der Waals surface area contributed by atoms with Gasteiger partial charge in [-0.2, -0.15) is 10.2 Å². The number of rotatable bonds is 5. The molecule has 1 heterocycles. The summed E-state index contributed by atoms with van der Waals surface area (Å²) in [5, 5.41) is 7.78. The van der Waals surface area contributed by atoms with Gasteiger partial charge in [-0.05, 0) is 17.7 Å². The minimum atomic E-state index is -0.534. The average molecular weight is 412 g/mol. The van der Waals surface area contributed by atoms with Gasteiger partial charge in [-0.15, -0.1) is 0 Å². The van der Waals surface area contributed by atoms with Crippen LogP contribution in [0, 0.1) is 0 Å². The molecule has 1 N–H and O–H groups in total. The highest BCUT2D eigenvalue weighted by molar-refractivity contribution is 9.10. The highest BCUT2D eigenvalue weighted by Gasteiger charge is 2.11. The number of hydrogen-bond acceptors (Lipinski definition) is 6. The number of thioether (sulfide) groups is 1. The molecule has 0 unspecified atom stereocenters. The van der Waals surface area contributed by atoms with Gasteiger partial charge in [0, 0.05) is 18.6 Å². The lowest BCUT2D eigenvalue weighted by Crippen LogP contribution is -2.39. The third kappa shape index (κ3) is 4.65. The molecule has 126 valence electrons. The minimum Gasteiger partial charge on any atom is -0.272 e. The van der Waals surface area contributed by atoms with Crippen LogP contribution in [0.4, 0.5) is 0 Å². The zero-order valence-electron chi connectivity index (χ0n) is 12.9. The lowest BCUT2D eigenvalue weighted by atomic mass is 10.2. The van der Waals surface area contributed by atoms with E-state index in [2.05, 4.69) is 31.6 Å². The van der Waals surface area contributed by atoms with Crippen molar-refractivity contribution in [1.29, 1.82) is 0 Å². The van der Waals surface area contributed by atoms with Crippen molar-refractivity contribution >= 4 is 39.8 Å². The first-order valence-corrected chi connectivity index (χ1v) is 8.51. The van der Waals surface area contributed by atoms with E-state index in [0.29, 0.717) is 0 Å². The van der Waals surface area contributed by atoms with Gasteiger partial charge in [0.1, 0.15) is 0 Å². The zero-order valence-corrected chi connectivity index (χ0v) is 15.3. The van der Waals surface area contributed by atoms with Crippen molar-refractivity contribution in [3.63, 3.8) is 0 Å². The minimum absolute atomic E-state index is 0.0454. The van der Waals surface area contributed by atoms with Crippen molar-refractivity contribution in [2.24, 2.45) is 19.2 Å². The molecule has 2 rings (SSSR count). The van der Waals surface area contributed by atoms with E-state index in [0.717, 1.165) is 31.0 Å². The smallest absolute Gasteiger partial charge is 0.272 e. The van der Waals surface area contributed by atoms with Crippen LogP contribution in [0.3, 0.4) is 0 Å². The summed E-state index contributed by atoms with van der Waals surface area (Å²) in [6.45, 7) is 0. The number of halogens is 1. The maximum atomic E-state index is 11.9. The van der Waals surface area contributed by atoms with Crippen LogP contribution >= 0.6 is 27.7 Å². The Kier molecular flexibility index (Phi) is 6.10. The summed E-state index contributed by atoms with van der Waals surface area (Å²) in [5.74, 6) is -0.431. The molecule has 0 spiro atoms. The summed E-state index contributed by atoms with van der Waals surface area (Å²) in [4.78, 5) is 35.2. The van der Waals surface area contributed by atoms with Gasteiger partial charge in [-0.3, -0.25) is 14.2 Å². The SMILES string of the molecule is Cn1nc(SCC(=O)N/N=C\c2cccc(Br)c2)c(=O)n(C)c1=O. The van der Waals surface area contributed by atoms with Crippen molar-refractivity contribution in [3.8, 4) is 0 Å². The van der Waals surface area contributed by atoms with E-state index >= 15 is 0 Å². The summed E-state index contributed by atoms with van der Waals surface area (Å²) in [5.41, 5.74) is 2.14. The highest BCUT2D eigenvalue weighted by atomic mass is 79.9. The second-order valence-electron chi connectivity index (χ2n) is 4.71. The third-order valence-electron chi connectivity index (χ3n) is 2.88. The number of nitrogens with zero attached hydrogens (tertiary/aromatic N) is 4. The van der Waals surface area contributed by atoms with Crippen LogP contribution in [0.2, 0.25) is 0 Å². The molecule has 0 saturated heterocycles. The Balaban J connectivity index is 1.95. The van der Waals surface area contributed by atoms with E-state index < -0.39 is 11.2 Å². The van der Waals surface area contributed by atoms with E-state index in [9.17, 15) is 14.4 Å². The number of nitrogens with one attached hydrogen (secondary N) is 1. The summed E-state index contributed by atoms with van der Waals surface area (Å²) in [7, 11) is 2.80. The van der Waals surface area contributed by atoms with Crippen LogP contribution in [0.25, 0.3) is 0 Å². The van der Waals surface area contributed by atoms with Gasteiger partial charge >= 0.3 is 5.69 Å². The zero-order chi connectivity index (χ0) is 17.7. The fraction of sp³-hybridized carbons (Fsp3) is 0.214. The van der Waals surface area contributed by atoms with Gasteiger partial charge in [0.15, 0.2) is 5.03 Å². The Bertz CT molecular complexity index is 906. The van der Waals surface area contributed by atoms with E-state index in [1.54, 1.807) is 0 Å². The maximum absolute atomic E-state index is 11.9. The van der Waals surface area contributed by atoms with Crippen molar-refractivity contribution in [1.82, 2.24) is 19.8 Å². The number of aryl methyl sites for hydroxylation is 1. The second kappa shape index (κ2) is 8.06. The number of aromatic nitrogens is 3. The molecule has 0 aliphatic carbocycles. The standard InChI is InChI=1S/C14H14BrN5O3S/c1-19-13(22)12(18-20(2)14(19)23)24-8-11(21)17-16-7-9-4-3-5-10(15)6-9/h3-7H,8H2,1-2H3,(H,17,21)/b16-7-. The van der Waals surface area contributed by atoms with Gasteiger partial charge < -0.3 is 0 Å².